The van der Waals surface area contributed by atoms with E-state index >= 15 is 0 Å². The Morgan fingerprint density at radius 2 is 1.06 bits per heavy atom. The number of unbranched alkanes of at least 4 members (excludes halogenated alkanes) is 5. The molecule has 0 bridgehead atoms. The fourth-order valence-corrected chi connectivity index (χ4v) is 4.14. The van der Waals surface area contributed by atoms with E-state index in [9.17, 15) is 61.1 Å². The zero-order chi connectivity index (χ0) is 26.7. The average molecular weight is 575 g/mol. The molecule has 0 aromatic carbocycles. The lowest BCUT2D eigenvalue weighted by molar-refractivity contribution is -0.417. The molecule has 0 N–H and O–H groups in total. The van der Waals surface area contributed by atoms with Crippen molar-refractivity contribution in [2.45, 2.75) is 98.5 Å². The molecule has 1 unspecified atom stereocenters. The normalized spacial score (nSPS) is 16.2. The topological polar surface area (TPSA) is 34.1 Å². The second-order valence-electron chi connectivity index (χ2n) is 7.36. The molecule has 0 aliphatic heterocycles. The first-order valence-corrected chi connectivity index (χ1v) is 12.1. The summed E-state index contributed by atoms with van der Waals surface area (Å²) < 4.78 is 184. The molecule has 0 amide bonds. The first-order chi connectivity index (χ1) is 14.4. The second kappa shape index (κ2) is 10.8. The number of hydrogen-bond acceptors (Lipinski definition) is 2. The molecule has 0 aromatic heterocycles. The SMILES string of the molecule is CCCCCCCCC(CC(F)(F)C(F)(F)C(F)(F)C(F)(F)C(F)(F)C(F)(F)Cl)S(=O)(=O)Cl. The lowest BCUT2D eigenvalue weighted by Gasteiger charge is -2.40. The summed E-state index contributed by atoms with van der Waals surface area (Å²) in [5, 5.41) is -9.20. The average Bonchev–Trinajstić information content (AvgIpc) is 2.60. The van der Waals surface area contributed by atoms with E-state index in [-0.39, 0.29) is 12.8 Å². The van der Waals surface area contributed by atoms with Gasteiger partial charge in [-0.05, 0) is 18.0 Å². The second-order valence-corrected chi connectivity index (χ2v) is 10.7. The molecule has 0 rings (SSSR count). The molecular formula is C16H20Cl2F12O2S. The van der Waals surface area contributed by atoms with Gasteiger partial charge in [0.05, 0.1) is 5.25 Å². The van der Waals surface area contributed by atoms with E-state index in [1.54, 1.807) is 0 Å². The van der Waals surface area contributed by atoms with Crippen LogP contribution >= 0.6 is 22.3 Å². The summed E-state index contributed by atoms with van der Waals surface area (Å²) in [5.74, 6) is -36.8. The van der Waals surface area contributed by atoms with Gasteiger partial charge in [-0.1, -0.05) is 45.4 Å². The van der Waals surface area contributed by atoms with Crippen LogP contribution in [0.2, 0.25) is 0 Å². The highest BCUT2D eigenvalue weighted by Gasteiger charge is 2.90. The van der Waals surface area contributed by atoms with Crippen LogP contribution in [0, 0.1) is 0 Å². The minimum Gasteiger partial charge on any atom is -0.212 e. The van der Waals surface area contributed by atoms with Gasteiger partial charge in [0.1, 0.15) is 0 Å². The summed E-state index contributed by atoms with van der Waals surface area (Å²) in [6.45, 7) is 1.85. The molecule has 33 heavy (non-hydrogen) atoms. The van der Waals surface area contributed by atoms with Crippen molar-refractivity contribution < 1.29 is 61.1 Å². The molecule has 0 fully saturated rings. The monoisotopic (exact) mass is 574 g/mol. The highest BCUT2D eigenvalue weighted by molar-refractivity contribution is 8.14. The van der Waals surface area contributed by atoms with Gasteiger partial charge in [0.2, 0.25) is 9.05 Å². The van der Waals surface area contributed by atoms with Gasteiger partial charge in [-0.3, -0.25) is 0 Å². The highest BCUT2D eigenvalue weighted by atomic mass is 35.7. The largest absolute Gasteiger partial charge is 0.393 e. The molecule has 1 atom stereocenters. The van der Waals surface area contributed by atoms with Crippen LogP contribution in [0.15, 0.2) is 0 Å². The van der Waals surface area contributed by atoms with Gasteiger partial charge in [0.25, 0.3) is 0 Å². The van der Waals surface area contributed by atoms with Crippen molar-refractivity contribution in [2.75, 3.05) is 0 Å². The Morgan fingerprint density at radius 1 is 0.667 bits per heavy atom. The molecule has 0 aliphatic carbocycles. The molecular weight excluding hydrogens is 555 g/mol. The van der Waals surface area contributed by atoms with Gasteiger partial charge < -0.3 is 0 Å². The van der Waals surface area contributed by atoms with Crippen LogP contribution < -0.4 is 0 Å². The van der Waals surface area contributed by atoms with Gasteiger partial charge in [-0.15, -0.1) is 0 Å². The summed E-state index contributed by atoms with van der Waals surface area (Å²) in [5.41, 5.74) is 0. The Balaban J connectivity index is 5.92. The third kappa shape index (κ3) is 6.89. The van der Waals surface area contributed by atoms with E-state index in [4.69, 9.17) is 10.7 Å². The van der Waals surface area contributed by atoms with E-state index in [1.165, 1.54) is 0 Å². The number of alkyl halides is 13. The van der Waals surface area contributed by atoms with E-state index in [2.05, 4.69) is 11.6 Å². The summed E-state index contributed by atoms with van der Waals surface area (Å²) in [4.78, 5) is 0. The minimum atomic E-state index is -7.80. The van der Waals surface area contributed by atoms with E-state index < -0.39 is 62.1 Å². The first kappa shape index (κ1) is 32.7. The summed E-state index contributed by atoms with van der Waals surface area (Å²) in [6, 6.07) is 0. The molecule has 0 heterocycles. The van der Waals surface area contributed by atoms with Crippen molar-refractivity contribution >= 4 is 31.3 Å². The molecule has 2 nitrogen and oxygen atoms in total. The molecule has 0 aromatic rings. The maximum Gasteiger partial charge on any atom is 0.393 e. The fourth-order valence-electron chi connectivity index (χ4n) is 2.71. The Bertz CT molecular complexity index is 738. The van der Waals surface area contributed by atoms with E-state index in [0.717, 1.165) is 12.8 Å². The summed E-state index contributed by atoms with van der Waals surface area (Å²) in [6.07, 6.45) is -1.01. The van der Waals surface area contributed by atoms with Crippen LogP contribution in [0.25, 0.3) is 0 Å². The van der Waals surface area contributed by atoms with Crippen molar-refractivity contribution in [1.29, 1.82) is 0 Å². The van der Waals surface area contributed by atoms with Gasteiger partial charge in [-0.2, -0.15) is 52.7 Å². The van der Waals surface area contributed by atoms with Crippen LogP contribution in [0.3, 0.4) is 0 Å². The van der Waals surface area contributed by atoms with Crippen LogP contribution in [-0.2, 0) is 9.05 Å². The zero-order valence-electron chi connectivity index (χ0n) is 16.8. The molecule has 0 spiro atoms. The predicted octanol–water partition coefficient (Wildman–Crippen LogP) is 8.07. The number of hydrogen-bond donors (Lipinski definition) is 0. The van der Waals surface area contributed by atoms with Crippen molar-refractivity contribution in [2.24, 2.45) is 0 Å². The quantitative estimate of drug-likeness (QED) is 0.0857. The van der Waals surface area contributed by atoms with Crippen LogP contribution in [0.5, 0.6) is 0 Å². The highest BCUT2D eigenvalue weighted by Crippen LogP contribution is 2.61. The molecule has 0 aliphatic rings. The van der Waals surface area contributed by atoms with E-state index in [0.29, 0.717) is 12.8 Å². The van der Waals surface area contributed by atoms with Gasteiger partial charge >= 0.3 is 35.0 Å². The fraction of sp³-hybridized carbons (Fsp3) is 1.00. The predicted molar refractivity (Wildman–Crippen MR) is 96.7 cm³/mol. The molecule has 0 saturated heterocycles. The smallest absolute Gasteiger partial charge is 0.212 e. The lowest BCUT2D eigenvalue weighted by Crippen LogP contribution is -2.70. The van der Waals surface area contributed by atoms with Crippen LogP contribution in [0.4, 0.5) is 52.7 Å². The Hall–Kier alpha value is -0.310. The van der Waals surface area contributed by atoms with Gasteiger partial charge in [0.15, 0.2) is 0 Å². The lowest BCUT2D eigenvalue weighted by atomic mass is 9.91. The third-order valence-electron chi connectivity index (χ3n) is 4.76. The maximum absolute atomic E-state index is 14.0. The number of halogens is 14. The van der Waals surface area contributed by atoms with Crippen molar-refractivity contribution in [3.63, 3.8) is 0 Å². The molecule has 17 heteroatoms. The zero-order valence-corrected chi connectivity index (χ0v) is 19.1. The van der Waals surface area contributed by atoms with Crippen LogP contribution in [0.1, 0.15) is 58.3 Å². The van der Waals surface area contributed by atoms with Gasteiger partial charge in [0, 0.05) is 17.1 Å². The minimum absolute atomic E-state index is 0.191. The van der Waals surface area contributed by atoms with Crippen molar-refractivity contribution in [3.05, 3.63) is 0 Å². The summed E-state index contributed by atoms with van der Waals surface area (Å²) >= 11 is 3.60. The van der Waals surface area contributed by atoms with Gasteiger partial charge in [-0.25, -0.2) is 8.42 Å². The van der Waals surface area contributed by atoms with E-state index in [1.807, 2.05) is 6.92 Å². The number of rotatable bonds is 15. The third-order valence-corrected chi connectivity index (χ3v) is 6.95. The molecule has 200 valence electrons. The Labute approximate surface area is 191 Å². The Morgan fingerprint density at radius 3 is 1.45 bits per heavy atom. The maximum atomic E-state index is 14.0. The molecule has 0 radical (unpaired) electrons. The van der Waals surface area contributed by atoms with Crippen molar-refractivity contribution in [3.8, 4) is 0 Å². The Kier molecular flexibility index (Phi) is 10.7. The first-order valence-electron chi connectivity index (χ1n) is 9.31. The molecule has 0 saturated carbocycles. The van der Waals surface area contributed by atoms with Crippen LogP contribution in [-0.4, -0.2) is 48.7 Å². The standard InChI is InChI=1S/C16H20Cl2F12O2S/c1-2-3-4-5-6-7-8-10(33(18,31)32)9-11(19,20)12(21,22)13(23,24)14(25,26)15(27,28)16(17,29)30/h10H,2-9H2,1H3. The summed E-state index contributed by atoms with van der Waals surface area (Å²) in [7, 11) is -0.275. The van der Waals surface area contributed by atoms with Crippen molar-refractivity contribution in [1.82, 2.24) is 0 Å².